The topological polar surface area (TPSA) is 33.1 Å². The van der Waals surface area contributed by atoms with Crippen LogP contribution in [0.15, 0.2) is 85.1 Å². The summed E-state index contributed by atoms with van der Waals surface area (Å²) in [7, 11) is 0. The predicted molar refractivity (Wildman–Crippen MR) is 130 cm³/mol. The van der Waals surface area contributed by atoms with Crippen LogP contribution in [0, 0.1) is 19.7 Å². The lowest BCUT2D eigenvalue weighted by Gasteiger charge is -2.28. The Morgan fingerprint density at radius 2 is 1.66 bits per heavy atom. The number of benzene rings is 2. The summed E-state index contributed by atoms with van der Waals surface area (Å²) in [5.41, 5.74) is 5.96. The van der Waals surface area contributed by atoms with E-state index in [4.69, 9.17) is 12.2 Å². The number of thiocarbonyl (C=S) groups is 1. The van der Waals surface area contributed by atoms with Gasteiger partial charge in [0.2, 0.25) is 0 Å². The predicted octanol–water partition coefficient (Wildman–Crippen LogP) is 5.81. The van der Waals surface area contributed by atoms with Crippen LogP contribution in [-0.4, -0.2) is 14.7 Å². The molecule has 1 fully saturated rings. The van der Waals surface area contributed by atoms with Crippen LogP contribution in [0.4, 0.5) is 10.1 Å². The van der Waals surface area contributed by atoms with Crippen LogP contribution in [0.1, 0.15) is 34.7 Å². The third kappa shape index (κ3) is 3.46. The minimum Gasteiger partial charge on any atom is -0.351 e. The lowest BCUT2D eigenvalue weighted by molar-refractivity contribution is 0.565. The molecule has 32 heavy (non-hydrogen) atoms. The summed E-state index contributed by atoms with van der Waals surface area (Å²) < 4.78 is 16.1. The Morgan fingerprint density at radius 3 is 2.38 bits per heavy atom. The fourth-order valence-corrected chi connectivity index (χ4v) is 4.98. The first-order valence-electron chi connectivity index (χ1n) is 10.5. The highest BCUT2D eigenvalue weighted by molar-refractivity contribution is 7.80. The molecule has 1 aliphatic rings. The molecule has 0 radical (unpaired) electrons. The summed E-state index contributed by atoms with van der Waals surface area (Å²) >= 11 is 5.80. The van der Waals surface area contributed by atoms with E-state index in [1.807, 2.05) is 49.4 Å². The van der Waals surface area contributed by atoms with Crippen molar-refractivity contribution < 1.29 is 4.39 Å². The zero-order valence-corrected chi connectivity index (χ0v) is 18.7. The number of hydrogen-bond acceptors (Lipinski definition) is 2. The normalized spacial score (nSPS) is 18.1. The van der Waals surface area contributed by atoms with Crippen LogP contribution in [-0.2, 0) is 0 Å². The molecular formula is C26H23FN4S. The Kier molecular flexibility index (Phi) is 5.23. The Balaban J connectivity index is 1.68. The van der Waals surface area contributed by atoms with Gasteiger partial charge in [-0.1, -0.05) is 30.3 Å². The van der Waals surface area contributed by atoms with E-state index in [2.05, 4.69) is 44.9 Å². The number of hydrogen-bond donors (Lipinski definition) is 1. The number of para-hydroxylation sites is 1. The van der Waals surface area contributed by atoms with Crippen molar-refractivity contribution >= 4 is 23.0 Å². The molecule has 4 nitrogen and oxygen atoms in total. The number of aryl methyl sites for hydroxylation is 1. The standard InChI is InChI=1S/C26H23FN4S/c1-17-15-22(18(2)30(17)21-12-8-9-19(27)16-21)25-24(23-13-6-7-14-28-23)29-26(32)31(25)20-10-4-3-5-11-20/h3-16,24-25H,1-2H3,(H,29,32)/t24-,25-/m0/s1. The second-order valence-electron chi connectivity index (χ2n) is 7.97. The first-order chi connectivity index (χ1) is 15.5. The van der Waals surface area contributed by atoms with Crippen molar-refractivity contribution in [1.82, 2.24) is 14.9 Å². The molecular weight excluding hydrogens is 419 g/mol. The average Bonchev–Trinajstić information content (AvgIpc) is 3.30. The Morgan fingerprint density at radius 1 is 0.906 bits per heavy atom. The zero-order chi connectivity index (χ0) is 22.2. The molecule has 5 rings (SSSR count). The molecule has 1 aliphatic heterocycles. The molecule has 2 atom stereocenters. The van der Waals surface area contributed by atoms with Gasteiger partial charge < -0.3 is 14.8 Å². The minimum absolute atomic E-state index is 0.103. The molecule has 0 bridgehead atoms. The number of aromatic nitrogens is 2. The lowest BCUT2D eigenvalue weighted by Crippen LogP contribution is -2.29. The SMILES string of the molecule is Cc1cc([C@H]2[C@H](c3ccccn3)NC(=S)N2c2ccccc2)c(C)n1-c1cccc(F)c1. The molecule has 0 spiro atoms. The fraction of sp³-hybridized carbons (Fsp3) is 0.154. The second kappa shape index (κ2) is 8.20. The number of nitrogens with zero attached hydrogens (tertiary/aromatic N) is 3. The summed E-state index contributed by atoms with van der Waals surface area (Å²) in [6, 6.07) is 24.7. The van der Waals surface area contributed by atoms with Gasteiger partial charge in [0.1, 0.15) is 5.82 Å². The highest BCUT2D eigenvalue weighted by Crippen LogP contribution is 2.43. The van der Waals surface area contributed by atoms with E-state index < -0.39 is 0 Å². The Hall–Kier alpha value is -3.51. The van der Waals surface area contributed by atoms with Crippen LogP contribution in [0.2, 0.25) is 0 Å². The van der Waals surface area contributed by atoms with E-state index in [-0.39, 0.29) is 17.9 Å². The molecule has 4 aromatic rings. The van der Waals surface area contributed by atoms with Gasteiger partial charge in [-0.15, -0.1) is 0 Å². The van der Waals surface area contributed by atoms with Crippen molar-refractivity contribution in [2.45, 2.75) is 25.9 Å². The van der Waals surface area contributed by atoms with Crippen LogP contribution < -0.4 is 10.2 Å². The van der Waals surface area contributed by atoms with Crippen molar-refractivity contribution in [3.8, 4) is 5.69 Å². The summed E-state index contributed by atoms with van der Waals surface area (Å²) in [6.07, 6.45) is 1.80. The smallest absolute Gasteiger partial charge is 0.174 e. The van der Waals surface area contributed by atoms with Crippen molar-refractivity contribution in [1.29, 1.82) is 0 Å². The first-order valence-corrected chi connectivity index (χ1v) is 11.0. The summed E-state index contributed by atoms with van der Waals surface area (Å²) in [6.45, 7) is 4.12. The van der Waals surface area contributed by atoms with Gasteiger partial charge in [0.05, 0.1) is 17.8 Å². The van der Waals surface area contributed by atoms with Crippen LogP contribution in [0.25, 0.3) is 5.69 Å². The van der Waals surface area contributed by atoms with E-state index in [9.17, 15) is 4.39 Å². The van der Waals surface area contributed by atoms with Crippen molar-refractivity contribution in [2.75, 3.05) is 4.90 Å². The molecule has 3 heterocycles. The first kappa shape index (κ1) is 20.4. The maximum Gasteiger partial charge on any atom is 0.174 e. The molecule has 0 amide bonds. The molecule has 2 aromatic carbocycles. The third-order valence-corrected chi connectivity index (χ3v) is 6.30. The number of anilines is 1. The molecule has 0 aliphatic carbocycles. The molecule has 2 aromatic heterocycles. The van der Waals surface area contributed by atoms with E-state index in [0.29, 0.717) is 5.11 Å². The summed E-state index contributed by atoms with van der Waals surface area (Å²) in [5.74, 6) is -0.252. The number of pyridine rings is 1. The van der Waals surface area contributed by atoms with Crippen molar-refractivity contribution in [3.05, 3.63) is 114 Å². The summed E-state index contributed by atoms with van der Waals surface area (Å²) in [5, 5.41) is 4.16. The van der Waals surface area contributed by atoms with Gasteiger partial charge in [0.15, 0.2) is 5.11 Å². The van der Waals surface area contributed by atoms with Crippen LogP contribution >= 0.6 is 12.2 Å². The monoisotopic (exact) mass is 442 g/mol. The number of halogens is 1. The van der Waals surface area contributed by atoms with Gasteiger partial charge in [-0.2, -0.15) is 0 Å². The number of nitrogens with one attached hydrogen (secondary N) is 1. The maximum atomic E-state index is 14.0. The highest BCUT2D eigenvalue weighted by atomic mass is 32.1. The Bertz CT molecular complexity index is 1270. The molecule has 1 saturated heterocycles. The van der Waals surface area contributed by atoms with E-state index >= 15 is 0 Å². The minimum atomic E-state index is -0.252. The maximum absolute atomic E-state index is 14.0. The highest BCUT2D eigenvalue weighted by Gasteiger charge is 2.42. The number of rotatable bonds is 4. The largest absolute Gasteiger partial charge is 0.351 e. The van der Waals surface area contributed by atoms with Crippen molar-refractivity contribution in [2.24, 2.45) is 0 Å². The molecule has 160 valence electrons. The van der Waals surface area contributed by atoms with E-state index in [0.717, 1.165) is 34.0 Å². The van der Waals surface area contributed by atoms with Gasteiger partial charge in [0.25, 0.3) is 0 Å². The molecule has 0 saturated carbocycles. The molecule has 6 heteroatoms. The Labute approximate surface area is 192 Å². The van der Waals surface area contributed by atoms with Crippen molar-refractivity contribution in [3.63, 3.8) is 0 Å². The summed E-state index contributed by atoms with van der Waals surface area (Å²) in [4.78, 5) is 6.78. The van der Waals surface area contributed by atoms with Gasteiger partial charge in [-0.3, -0.25) is 4.98 Å². The third-order valence-electron chi connectivity index (χ3n) is 5.99. The second-order valence-corrected chi connectivity index (χ2v) is 8.36. The average molecular weight is 443 g/mol. The van der Waals surface area contributed by atoms with E-state index in [1.54, 1.807) is 18.3 Å². The fourth-order valence-electron chi connectivity index (χ4n) is 4.64. The van der Waals surface area contributed by atoms with E-state index in [1.165, 1.54) is 6.07 Å². The van der Waals surface area contributed by atoms with Crippen LogP contribution in [0.3, 0.4) is 0 Å². The van der Waals surface area contributed by atoms with Gasteiger partial charge in [-0.25, -0.2) is 4.39 Å². The zero-order valence-electron chi connectivity index (χ0n) is 17.9. The lowest BCUT2D eigenvalue weighted by atomic mass is 9.96. The quantitative estimate of drug-likeness (QED) is 0.405. The van der Waals surface area contributed by atoms with Gasteiger partial charge in [0, 0.05) is 29.0 Å². The van der Waals surface area contributed by atoms with Crippen LogP contribution in [0.5, 0.6) is 0 Å². The molecule has 1 N–H and O–H groups in total. The van der Waals surface area contributed by atoms with Gasteiger partial charge in [-0.05, 0) is 80.2 Å². The van der Waals surface area contributed by atoms with Gasteiger partial charge >= 0.3 is 0 Å². The molecule has 0 unspecified atom stereocenters.